The maximum absolute atomic E-state index is 12.9. The van der Waals surface area contributed by atoms with E-state index in [-0.39, 0.29) is 35.8 Å². The smallest absolute Gasteiger partial charge is 0.251 e. The Bertz CT molecular complexity index is 877. The summed E-state index contributed by atoms with van der Waals surface area (Å²) in [6, 6.07) is 11.5. The molecule has 0 aromatic heterocycles. The molecule has 2 aromatic carbocycles. The molecule has 2 aromatic rings. The molecule has 3 rings (SSSR count). The molecule has 0 spiro atoms. The van der Waals surface area contributed by atoms with E-state index in [9.17, 15) is 17.6 Å². The summed E-state index contributed by atoms with van der Waals surface area (Å²) in [4.78, 5) is 12.3. The van der Waals surface area contributed by atoms with E-state index in [4.69, 9.17) is 4.74 Å². The number of rotatable bonds is 7. The van der Waals surface area contributed by atoms with Crippen LogP contribution in [0, 0.1) is 5.82 Å². The molecule has 2 N–H and O–H groups in total. The topological polar surface area (TPSA) is 84.5 Å². The Balaban J connectivity index is 1.56. The number of carbonyl (C=O) groups is 1. The van der Waals surface area contributed by atoms with Gasteiger partial charge >= 0.3 is 0 Å². The van der Waals surface area contributed by atoms with Gasteiger partial charge in [-0.15, -0.1) is 0 Å². The highest BCUT2D eigenvalue weighted by molar-refractivity contribution is 7.89. The monoisotopic (exact) mass is 392 g/mol. The van der Waals surface area contributed by atoms with Crippen molar-refractivity contribution >= 4 is 15.9 Å². The summed E-state index contributed by atoms with van der Waals surface area (Å²) in [6.45, 7) is 1.15. The van der Waals surface area contributed by atoms with Gasteiger partial charge < -0.3 is 10.1 Å². The molecular formula is C19H21FN2O4S. The van der Waals surface area contributed by atoms with E-state index in [2.05, 4.69) is 10.0 Å². The minimum atomic E-state index is -3.65. The Labute approximate surface area is 157 Å². The fraction of sp³-hybridized carbons (Fsp3) is 0.316. The fourth-order valence-corrected chi connectivity index (χ4v) is 3.83. The molecule has 0 bridgehead atoms. The van der Waals surface area contributed by atoms with Crippen LogP contribution in [0.25, 0.3) is 0 Å². The van der Waals surface area contributed by atoms with Gasteiger partial charge in [0.1, 0.15) is 5.82 Å². The molecule has 0 radical (unpaired) electrons. The Morgan fingerprint density at radius 1 is 1.11 bits per heavy atom. The molecule has 1 atom stereocenters. The van der Waals surface area contributed by atoms with Crippen molar-refractivity contribution in [1.82, 2.24) is 10.0 Å². The third kappa shape index (κ3) is 5.35. The van der Waals surface area contributed by atoms with Crippen LogP contribution in [-0.2, 0) is 21.3 Å². The standard InChI is InChI=1S/C19H21FN2O4S/c20-16-7-3-14(4-8-16)12-21-19(23)15-5-9-18(10-6-15)27(24,25)22-13-17-2-1-11-26-17/h3-10,17,22H,1-2,11-13H2,(H,21,23)/t17-/m1/s1. The SMILES string of the molecule is O=C(NCc1ccc(F)cc1)c1ccc(S(=O)(=O)NC[C@H]2CCCO2)cc1. The summed E-state index contributed by atoms with van der Waals surface area (Å²) in [6.07, 6.45) is 1.69. The van der Waals surface area contributed by atoms with E-state index < -0.39 is 10.0 Å². The molecule has 1 amide bonds. The second kappa shape index (κ2) is 8.60. The first-order chi connectivity index (χ1) is 12.9. The normalized spacial score (nSPS) is 17.0. The van der Waals surface area contributed by atoms with Crippen molar-refractivity contribution in [3.05, 3.63) is 65.5 Å². The lowest BCUT2D eigenvalue weighted by atomic mass is 10.2. The van der Waals surface area contributed by atoms with Crippen molar-refractivity contribution in [2.75, 3.05) is 13.2 Å². The van der Waals surface area contributed by atoms with Crippen LogP contribution in [0.1, 0.15) is 28.8 Å². The van der Waals surface area contributed by atoms with Crippen molar-refractivity contribution in [3.63, 3.8) is 0 Å². The van der Waals surface area contributed by atoms with Gasteiger partial charge in [-0.1, -0.05) is 12.1 Å². The van der Waals surface area contributed by atoms with Gasteiger partial charge in [0, 0.05) is 25.3 Å². The number of benzene rings is 2. The van der Waals surface area contributed by atoms with E-state index in [1.807, 2.05) is 0 Å². The lowest BCUT2D eigenvalue weighted by molar-refractivity contribution is 0.0951. The summed E-state index contributed by atoms with van der Waals surface area (Å²) in [5.41, 5.74) is 1.11. The highest BCUT2D eigenvalue weighted by Gasteiger charge is 2.20. The quantitative estimate of drug-likeness (QED) is 0.757. The molecule has 6 nitrogen and oxygen atoms in total. The third-order valence-electron chi connectivity index (χ3n) is 4.32. The van der Waals surface area contributed by atoms with Crippen LogP contribution in [0.4, 0.5) is 4.39 Å². The van der Waals surface area contributed by atoms with Crippen LogP contribution >= 0.6 is 0 Å². The number of hydrogen-bond donors (Lipinski definition) is 2. The lowest BCUT2D eigenvalue weighted by Crippen LogP contribution is -2.31. The number of nitrogens with one attached hydrogen (secondary N) is 2. The van der Waals surface area contributed by atoms with Gasteiger partial charge in [0.25, 0.3) is 5.91 Å². The first-order valence-corrected chi connectivity index (χ1v) is 10.2. The molecule has 0 aliphatic carbocycles. The van der Waals surface area contributed by atoms with Crippen LogP contribution in [0.2, 0.25) is 0 Å². The molecule has 27 heavy (non-hydrogen) atoms. The molecule has 0 unspecified atom stereocenters. The molecule has 1 heterocycles. The number of carbonyl (C=O) groups excluding carboxylic acids is 1. The van der Waals surface area contributed by atoms with Crippen LogP contribution in [0.15, 0.2) is 53.4 Å². The van der Waals surface area contributed by atoms with Gasteiger partial charge in [0.05, 0.1) is 11.0 Å². The predicted molar refractivity (Wildman–Crippen MR) is 98.2 cm³/mol. The number of ether oxygens (including phenoxy) is 1. The highest BCUT2D eigenvalue weighted by atomic mass is 32.2. The van der Waals surface area contributed by atoms with E-state index in [1.54, 1.807) is 12.1 Å². The maximum atomic E-state index is 12.9. The average molecular weight is 392 g/mol. The van der Waals surface area contributed by atoms with Crippen LogP contribution < -0.4 is 10.0 Å². The zero-order valence-electron chi connectivity index (χ0n) is 14.7. The van der Waals surface area contributed by atoms with Gasteiger partial charge in [-0.2, -0.15) is 0 Å². The molecule has 0 saturated carbocycles. The first-order valence-electron chi connectivity index (χ1n) is 8.68. The average Bonchev–Trinajstić information content (AvgIpc) is 3.20. The second-order valence-corrected chi connectivity index (χ2v) is 8.09. The van der Waals surface area contributed by atoms with Crippen LogP contribution in [0.5, 0.6) is 0 Å². The summed E-state index contributed by atoms with van der Waals surface area (Å²) < 4.78 is 45.4. The Morgan fingerprint density at radius 3 is 2.44 bits per heavy atom. The fourth-order valence-electron chi connectivity index (χ4n) is 2.76. The molecule has 144 valence electrons. The van der Waals surface area contributed by atoms with Gasteiger partial charge in [-0.3, -0.25) is 4.79 Å². The van der Waals surface area contributed by atoms with Gasteiger partial charge in [0.15, 0.2) is 0 Å². The number of sulfonamides is 1. The van der Waals surface area contributed by atoms with E-state index in [1.165, 1.54) is 36.4 Å². The molecule has 1 saturated heterocycles. The van der Waals surface area contributed by atoms with E-state index >= 15 is 0 Å². The van der Waals surface area contributed by atoms with Gasteiger partial charge in [-0.05, 0) is 54.8 Å². The molecule has 1 fully saturated rings. The molecule has 1 aliphatic heterocycles. The summed E-state index contributed by atoms with van der Waals surface area (Å²) >= 11 is 0. The van der Waals surface area contributed by atoms with Crippen molar-refractivity contribution in [2.45, 2.75) is 30.4 Å². The molecular weight excluding hydrogens is 371 g/mol. The van der Waals surface area contributed by atoms with Crippen molar-refractivity contribution in [3.8, 4) is 0 Å². The Kier molecular flexibility index (Phi) is 6.20. The van der Waals surface area contributed by atoms with Crippen molar-refractivity contribution in [1.29, 1.82) is 0 Å². The Hall–Kier alpha value is -2.29. The molecule has 8 heteroatoms. The second-order valence-electron chi connectivity index (χ2n) is 6.32. The predicted octanol–water partition coefficient (Wildman–Crippen LogP) is 2.21. The van der Waals surface area contributed by atoms with Crippen LogP contribution in [-0.4, -0.2) is 33.6 Å². The Morgan fingerprint density at radius 2 is 1.81 bits per heavy atom. The van der Waals surface area contributed by atoms with Gasteiger partial charge in [-0.25, -0.2) is 17.5 Å². The van der Waals surface area contributed by atoms with E-state index in [0.717, 1.165) is 18.4 Å². The maximum Gasteiger partial charge on any atom is 0.251 e. The number of hydrogen-bond acceptors (Lipinski definition) is 4. The van der Waals surface area contributed by atoms with Crippen LogP contribution in [0.3, 0.4) is 0 Å². The van der Waals surface area contributed by atoms with Gasteiger partial charge in [0.2, 0.25) is 10.0 Å². The first kappa shape index (κ1) is 19.5. The number of amides is 1. The van der Waals surface area contributed by atoms with Crippen molar-refractivity contribution < 1.29 is 22.3 Å². The highest BCUT2D eigenvalue weighted by Crippen LogP contribution is 2.14. The minimum absolute atomic E-state index is 0.0868. The number of halogens is 1. The third-order valence-corrected chi connectivity index (χ3v) is 5.76. The zero-order chi connectivity index (χ0) is 19.3. The van der Waals surface area contributed by atoms with Crippen molar-refractivity contribution in [2.24, 2.45) is 0 Å². The lowest BCUT2D eigenvalue weighted by Gasteiger charge is -2.12. The summed E-state index contributed by atoms with van der Waals surface area (Å²) in [5, 5.41) is 2.71. The summed E-state index contributed by atoms with van der Waals surface area (Å²) in [7, 11) is -3.65. The largest absolute Gasteiger partial charge is 0.377 e. The zero-order valence-corrected chi connectivity index (χ0v) is 15.5. The summed E-state index contributed by atoms with van der Waals surface area (Å²) in [5.74, 6) is -0.675. The minimum Gasteiger partial charge on any atom is -0.377 e. The molecule has 1 aliphatic rings. The van der Waals surface area contributed by atoms with E-state index in [0.29, 0.717) is 12.2 Å².